The molecule has 8 nitrogen and oxygen atoms in total. The molecule has 22 heteroatoms. The maximum absolute atomic E-state index is 14.0. The lowest BCUT2D eigenvalue weighted by molar-refractivity contribution is -0.0500. The summed E-state index contributed by atoms with van der Waals surface area (Å²) < 4.78 is 97.0. The highest BCUT2D eigenvalue weighted by Gasteiger charge is 2.48. The van der Waals surface area contributed by atoms with Gasteiger partial charge in [0, 0.05) is 68.8 Å². The Morgan fingerprint density at radius 1 is 0.533 bits per heavy atom. The highest BCUT2D eigenvalue weighted by molar-refractivity contribution is 7.88. The van der Waals surface area contributed by atoms with Gasteiger partial charge >= 0.3 is 15.6 Å². The molecule has 0 unspecified atom stereocenters. The summed E-state index contributed by atoms with van der Waals surface area (Å²) in [6.07, 6.45) is 4.06. The fourth-order valence-electron chi connectivity index (χ4n) is 8.66. The summed E-state index contributed by atoms with van der Waals surface area (Å²) in [5.41, 5.74) is -2.13. The molecule has 390 valence electrons. The molecule has 0 aliphatic carbocycles. The molecule has 75 heavy (non-hydrogen) atoms. The van der Waals surface area contributed by atoms with Gasteiger partial charge in [0.05, 0.1) is 52.5 Å². The van der Waals surface area contributed by atoms with Crippen molar-refractivity contribution in [1.29, 1.82) is 0 Å². The van der Waals surface area contributed by atoms with Crippen LogP contribution in [-0.4, -0.2) is 46.6 Å². The van der Waals surface area contributed by atoms with Crippen LogP contribution in [0.15, 0.2) is 124 Å². The van der Waals surface area contributed by atoms with Gasteiger partial charge in [0.2, 0.25) is 0 Å². The van der Waals surface area contributed by atoms with Gasteiger partial charge in [0.25, 0.3) is 11.1 Å². The van der Waals surface area contributed by atoms with Gasteiger partial charge < -0.3 is 4.18 Å². The Hall–Kier alpha value is -4.84. The largest absolute Gasteiger partial charge is 0.534 e. The second-order valence-electron chi connectivity index (χ2n) is 18.0. The van der Waals surface area contributed by atoms with Crippen molar-refractivity contribution in [3.63, 3.8) is 0 Å². The first-order chi connectivity index (χ1) is 35.1. The van der Waals surface area contributed by atoms with Gasteiger partial charge in [-0.15, -0.1) is 0 Å². The summed E-state index contributed by atoms with van der Waals surface area (Å²) in [6.45, 7) is 8.64. The number of nitrogens with zero attached hydrogens (tertiary/aromatic N) is 3. The van der Waals surface area contributed by atoms with E-state index in [0.717, 1.165) is 77.3 Å². The predicted molar refractivity (Wildman–Crippen MR) is 294 cm³/mol. The minimum atomic E-state index is -6.09. The van der Waals surface area contributed by atoms with Gasteiger partial charge in [-0.1, -0.05) is 104 Å². The zero-order chi connectivity index (χ0) is 54.6. The van der Waals surface area contributed by atoms with Crippen molar-refractivity contribution in [1.82, 2.24) is 14.0 Å². The number of aromatic nitrogens is 2. The van der Waals surface area contributed by atoms with Crippen molar-refractivity contribution >= 4 is 131 Å². The number of piperidine rings is 1. The Morgan fingerprint density at radius 2 is 0.960 bits per heavy atom. The molecule has 8 aromatic rings. The fourth-order valence-corrected chi connectivity index (χ4v) is 11.6. The van der Waals surface area contributed by atoms with E-state index in [1.54, 1.807) is 24.3 Å². The van der Waals surface area contributed by atoms with Crippen molar-refractivity contribution in [2.75, 3.05) is 13.1 Å². The van der Waals surface area contributed by atoms with E-state index in [-0.39, 0.29) is 74.0 Å². The van der Waals surface area contributed by atoms with Crippen molar-refractivity contribution in [3.8, 4) is 39.4 Å². The molecule has 1 fully saturated rings. The molecule has 1 saturated heterocycles. The second-order valence-corrected chi connectivity index (χ2v) is 22.9. The number of likely N-dealkylation sites (tertiary alicyclic amines) is 1. The summed E-state index contributed by atoms with van der Waals surface area (Å²) in [6, 6.07) is 24.7. The minimum Gasteiger partial charge on any atom is -0.376 e. The quantitative estimate of drug-likeness (QED) is 0.0897. The third kappa shape index (κ3) is 12.0. The summed E-state index contributed by atoms with van der Waals surface area (Å²) in [5, 5.41) is 1.91. The lowest BCUT2D eigenvalue weighted by atomic mass is 9.93. The SMILES string of the molecule is CC(C)(C)N1CCC(=Cc2cc(-c3ccc(F)cc3Cl)c3ccc(=O)n(-c4c(Cl)cc(Cl)cc4Cl)c3c2)CC1.O=c1ccc2c(-c3ccc(F)cc3Cl)cc(OS(=O)(=O)C(F)(F)F)cc2n1-c1c(Cl)cc(Cl)cc1Cl. The summed E-state index contributed by atoms with van der Waals surface area (Å²) in [4.78, 5) is 28.7. The van der Waals surface area contributed by atoms with Gasteiger partial charge in [-0.3, -0.25) is 23.6 Å². The van der Waals surface area contributed by atoms with Crippen LogP contribution >= 0.6 is 92.8 Å². The van der Waals surface area contributed by atoms with Crippen molar-refractivity contribution in [3.05, 3.63) is 193 Å². The number of hydrogen-bond acceptors (Lipinski definition) is 6. The molecule has 6 aromatic carbocycles. The standard InChI is InChI=1S/C31H27Cl4FN2O.C22H9Cl4F4NO4S/c1-31(2,3)37-10-8-18(9-11-37)12-19-13-24(22-5-4-21(36)17-25(22)33)23-6-7-29(39)38(28(23)14-19)30-26(34)15-20(32)16-27(30)35;23-10-5-17(25)21(18(26)6-10)31-19-9-12(35-36(33,34)22(28,29)30)8-15(14(19)3-4-20(31)32)13-2-1-11(27)7-16(13)24/h4-7,12-17H,8-11H2,1-3H3;1-9H. The third-order valence-electron chi connectivity index (χ3n) is 12.1. The normalized spacial score (nSPS) is 13.5. The van der Waals surface area contributed by atoms with Gasteiger partial charge in [0.1, 0.15) is 17.4 Å². The molecule has 0 radical (unpaired) electrons. The highest BCUT2D eigenvalue weighted by Crippen LogP contribution is 2.42. The van der Waals surface area contributed by atoms with Crippen LogP contribution in [0.2, 0.25) is 40.2 Å². The molecule has 0 amide bonds. The zero-order valence-corrected chi connectivity index (χ0v) is 45.9. The Morgan fingerprint density at radius 3 is 1.37 bits per heavy atom. The first-order valence-electron chi connectivity index (χ1n) is 22.2. The maximum Gasteiger partial charge on any atom is 0.534 e. The molecular weight excluding hydrogens is 1170 g/mol. The molecule has 0 atom stereocenters. The van der Waals surface area contributed by atoms with Crippen LogP contribution in [-0.2, 0) is 10.1 Å². The van der Waals surface area contributed by atoms with Crippen LogP contribution in [0.1, 0.15) is 39.2 Å². The van der Waals surface area contributed by atoms with E-state index in [9.17, 15) is 40.0 Å². The predicted octanol–water partition coefficient (Wildman–Crippen LogP) is 17.3. The molecular formula is C53H36Cl8F5N3O5S. The summed E-state index contributed by atoms with van der Waals surface area (Å²) in [7, 11) is -6.09. The molecule has 0 spiro atoms. The molecule has 3 heterocycles. The summed E-state index contributed by atoms with van der Waals surface area (Å²) >= 11 is 50.5. The van der Waals surface area contributed by atoms with Crippen molar-refractivity contribution in [2.24, 2.45) is 0 Å². The van der Waals surface area contributed by atoms with E-state index in [1.165, 1.54) is 52.6 Å². The lowest BCUT2D eigenvalue weighted by Crippen LogP contribution is -2.44. The number of fused-ring (bicyclic) bond motifs is 2. The number of alkyl halides is 3. The Labute approximate surface area is 466 Å². The third-order valence-corrected chi connectivity index (χ3v) is 15.3. The molecule has 2 aromatic heterocycles. The monoisotopic (exact) mass is 1200 g/mol. The number of pyridine rings is 2. The number of halogens is 13. The van der Waals surface area contributed by atoms with Crippen molar-refractivity contribution in [2.45, 2.75) is 44.7 Å². The Balaban J connectivity index is 0.000000200. The first kappa shape index (κ1) is 56.4. The van der Waals surface area contributed by atoms with Crippen LogP contribution in [0.4, 0.5) is 22.0 Å². The molecule has 0 saturated carbocycles. The highest BCUT2D eigenvalue weighted by atomic mass is 35.5. The fraction of sp³-hybridized carbons (Fsp3) is 0.170. The van der Waals surface area contributed by atoms with Gasteiger partial charge in [-0.05, 0) is 141 Å². The van der Waals surface area contributed by atoms with Crippen LogP contribution in [0.3, 0.4) is 0 Å². The Bertz CT molecular complexity index is 3840. The topological polar surface area (TPSA) is 90.6 Å². The van der Waals surface area contributed by atoms with Gasteiger partial charge in [0.15, 0.2) is 0 Å². The van der Waals surface area contributed by atoms with Crippen LogP contribution in [0, 0.1) is 11.6 Å². The van der Waals surface area contributed by atoms with Crippen LogP contribution in [0.5, 0.6) is 5.75 Å². The molecule has 9 rings (SSSR count). The number of benzene rings is 6. The minimum absolute atomic E-state index is 0.0276. The number of hydrogen-bond donors (Lipinski definition) is 0. The van der Waals surface area contributed by atoms with E-state index in [0.29, 0.717) is 21.8 Å². The zero-order valence-electron chi connectivity index (χ0n) is 39.0. The maximum atomic E-state index is 14.0. The van der Waals surface area contributed by atoms with Gasteiger partial charge in [-0.2, -0.15) is 21.6 Å². The van der Waals surface area contributed by atoms with E-state index >= 15 is 0 Å². The van der Waals surface area contributed by atoms with E-state index in [2.05, 4.69) is 35.9 Å². The smallest absolute Gasteiger partial charge is 0.376 e. The molecule has 1 aliphatic heterocycles. The molecule has 1 aliphatic rings. The average Bonchev–Trinajstić information content (AvgIpc) is 3.29. The summed E-state index contributed by atoms with van der Waals surface area (Å²) in [5.74, 6) is -1.93. The van der Waals surface area contributed by atoms with Crippen LogP contribution in [0.25, 0.3) is 61.5 Å². The van der Waals surface area contributed by atoms with E-state index in [4.69, 9.17) is 92.8 Å². The molecule has 0 N–H and O–H groups in total. The second kappa shape index (κ2) is 21.9. The van der Waals surface area contributed by atoms with E-state index in [1.807, 2.05) is 12.1 Å². The van der Waals surface area contributed by atoms with Gasteiger partial charge in [-0.25, -0.2) is 8.78 Å². The number of rotatable bonds is 7. The molecule has 0 bridgehead atoms. The van der Waals surface area contributed by atoms with Crippen molar-refractivity contribution < 1.29 is 34.6 Å². The average molecular weight is 1210 g/mol. The first-order valence-corrected chi connectivity index (χ1v) is 26.6. The lowest BCUT2D eigenvalue weighted by Gasteiger charge is -2.39. The van der Waals surface area contributed by atoms with E-state index < -0.39 is 38.6 Å². The Kier molecular flexibility index (Phi) is 16.4. The van der Waals surface area contributed by atoms with Crippen LogP contribution < -0.4 is 15.3 Å².